The normalized spacial score (nSPS) is 23.2. The van der Waals surface area contributed by atoms with E-state index in [1.54, 1.807) is 0 Å². The molecule has 0 radical (unpaired) electrons. The molecule has 26 heavy (non-hydrogen) atoms. The summed E-state index contributed by atoms with van der Waals surface area (Å²) < 4.78 is 56.6. The van der Waals surface area contributed by atoms with Gasteiger partial charge in [-0.05, 0) is 31.0 Å². The highest BCUT2D eigenvalue weighted by molar-refractivity contribution is 5.89. The summed E-state index contributed by atoms with van der Waals surface area (Å²) in [5.41, 5.74) is 0.493. The van der Waals surface area contributed by atoms with Crippen LogP contribution in [0.5, 0.6) is 5.75 Å². The first kappa shape index (κ1) is 18.5. The van der Waals surface area contributed by atoms with E-state index < -0.39 is 42.3 Å². The van der Waals surface area contributed by atoms with Crippen LogP contribution in [0.25, 0.3) is 0 Å². The molecule has 1 saturated heterocycles. The Morgan fingerprint density at radius 2 is 2.12 bits per heavy atom. The highest BCUT2D eigenvalue weighted by atomic mass is 19.4. The zero-order valence-corrected chi connectivity index (χ0v) is 13.8. The van der Waals surface area contributed by atoms with Gasteiger partial charge in [-0.15, -0.1) is 0 Å². The van der Waals surface area contributed by atoms with Crippen molar-refractivity contribution in [2.24, 2.45) is 5.92 Å². The Hall–Kier alpha value is -2.32. The van der Waals surface area contributed by atoms with Gasteiger partial charge in [0.05, 0.1) is 18.6 Å². The van der Waals surface area contributed by atoms with Gasteiger partial charge >= 0.3 is 6.18 Å². The van der Waals surface area contributed by atoms with E-state index in [0.29, 0.717) is 35.7 Å². The van der Waals surface area contributed by atoms with Crippen LogP contribution in [0, 0.1) is 11.7 Å². The van der Waals surface area contributed by atoms with Gasteiger partial charge in [0.1, 0.15) is 18.1 Å². The van der Waals surface area contributed by atoms with Crippen LogP contribution >= 0.6 is 0 Å². The van der Waals surface area contributed by atoms with Crippen molar-refractivity contribution in [3.63, 3.8) is 0 Å². The van der Waals surface area contributed by atoms with Crippen LogP contribution in [0.2, 0.25) is 0 Å². The van der Waals surface area contributed by atoms with Gasteiger partial charge in [-0.3, -0.25) is 9.59 Å². The number of nitrogens with one attached hydrogen (secondary N) is 1. The molecule has 2 amide bonds. The van der Waals surface area contributed by atoms with Crippen LogP contribution in [0.1, 0.15) is 30.9 Å². The lowest BCUT2D eigenvalue weighted by atomic mass is 10.00. The number of carbonyl (C=O) groups is 2. The van der Waals surface area contributed by atoms with E-state index in [4.69, 9.17) is 4.74 Å². The Bertz CT molecular complexity index is 708. The van der Waals surface area contributed by atoms with Crippen molar-refractivity contribution >= 4 is 11.8 Å². The lowest BCUT2D eigenvalue weighted by molar-refractivity contribution is -0.157. The summed E-state index contributed by atoms with van der Waals surface area (Å²) >= 11 is 0. The predicted molar refractivity (Wildman–Crippen MR) is 82.8 cm³/mol. The first-order valence-corrected chi connectivity index (χ1v) is 8.30. The van der Waals surface area contributed by atoms with Crippen LogP contribution < -0.4 is 10.1 Å². The maximum absolute atomic E-state index is 13.6. The number of rotatable bonds is 3. The number of fused-ring (bicyclic) bond motifs is 1. The fraction of sp³-hybridized carbons (Fsp3) is 0.529. The molecular weight excluding hydrogens is 356 g/mol. The summed E-state index contributed by atoms with van der Waals surface area (Å²) in [5.74, 6) is -2.06. The van der Waals surface area contributed by atoms with Crippen molar-refractivity contribution in [2.75, 3.05) is 19.7 Å². The largest absolute Gasteiger partial charge is 0.493 e. The molecule has 0 aliphatic carbocycles. The van der Waals surface area contributed by atoms with Crippen LogP contribution in [0.4, 0.5) is 17.6 Å². The minimum absolute atomic E-state index is 0.263. The molecule has 2 aliphatic rings. The number of amides is 2. The highest BCUT2D eigenvalue weighted by Crippen LogP contribution is 2.33. The third-order valence-corrected chi connectivity index (χ3v) is 4.51. The van der Waals surface area contributed by atoms with Gasteiger partial charge in [-0.25, -0.2) is 4.39 Å². The topological polar surface area (TPSA) is 58.6 Å². The molecule has 9 heteroatoms. The Morgan fingerprint density at radius 3 is 2.85 bits per heavy atom. The minimum Gasteiger partial charge on any atom is -0.493 e. The summed E-state index contributed by atoms with van der Waals surface area (Å²) in [6.45, 7) is -1.21. The number of carbonyl (C=O) groups excluding carboxylic acids is 2. The molecule has 0 saturated carbocycles. The molecule has 2 atom stereocenters. The second-order valence-electron chi connectivity index (χ2n) is 6.52. The molecule has 0 bridgehead atoms. The van der Waals surface area contributed by atoms with Crippen molar-refractivity contribution in [1.82, 2.24) is 10.2 Å². The van der Waals surface area contributed by atoms with Crippen LogP contribution in [0.3, 0.4) is 0 Å². The average molecular weight is 374 g/mol. The minimum atomic E-state index is -4.50. The number of ether oxygens (including phenoxy) is 1. The Morgan fingerprint density at radius 1 is 1.35 bits per heavy atom. The molecule has 1 fully saturated rings. The maximum atomic E-state index is 13.6. The number of likely N-dealkylation sites (tertiary alicyclic amines) is 1. The van der Waals surface area contributed by atoms with Crippen molar-refractivity contribution in [3.05, 3.63) is 29.6 Å². The molecule has 2 aliphatic heterocycles. The number of halogens is 4. The summed E-state index contributed by atoms with van der Waals surface area (Å²) in [6.07, 6.45) is -3.63. The monoisotopic (exact) mass is 374 g/mol. The number of hydrogen-bond acceptors (Lipinski definition) is 3. The fourth-order valence-electron chi connectivity index (χ4n) is 3.30. The third-order valence-electron chi connectivity index (χ3n) is 4.51. The van der Waals surface area contributed by atoms with Gasteiger partial charge < -0.3 is 15.0 Å². The molecule has 142 valence electrons. The molecule has 0 aromatic heterocycles. The van der Waals surface area contributed by atoms with Crippen molar-refractivity contribution in [3.8, 4) is 5.75 Å². The van der Waals surface area contributed by atoms with Crippen molar-refractivity contribution in [2.45, 2.75) is 31.5 Å². The molecule has 2 unspecified atom stereocenters. The Balaban J connectivity index is 1.69. The number of hydrogen-bond donors (Lipinski definition) is 1. The van der Waals surface area contributed by atoms with Gasteiger partial charge in [0.2, 0.25) is 11.8 Å². The molecular formula is C17H18F4N2O3. The molecule has 1 N–H and O–H groups in total. The zero-order chi connectivity index (χ0) is 18.9. The van der Waals surface area contributed by atoms with E-state index in [0.717, 1.165) is 0 Å². The standard InChI is InChI=1S/C17H18F4N2O3/c18-11-3-4-14-12(7-11)13(2-1-5-26-14)22-16(25)10-6-15(24)23(8-10)9-17(19,20)21/h3-4,7,10,13H,1-2,5-6,8-9H2,(H,22,25). The van der Waals surface area contributed by atoms with Gasteiger partial charge in [-0.2, -0.15) is 13.2 Å². The molecule has 1 aromatic rings. The van der Waals surface area contributed by atoms with E-state index in [2.05, 4.69) is 5.32 Å². The number of benzene rings is 1. The van der Waals surface area contributed by atoms with Gasteiger partial charge in [0.25, 0.3) is 0 Å². The predicted octanol–water partition coefficient (Wildman–Crippen LogP) is 2.57. The average Bonchev–Trinajstić information content (AvgIpc) is 2.78. The second kappa shape index (κ2) is 7.13. The molecule has 3 rings (SSSR count). The first-order chi connectivity index (χ1) is 12.2. The smallest absolute Gasteiger partial charge is 0.406 e. The van der Waals surface area contributed by atoms with E-state index >= 15 is 0 Å². The van der Waals surface area contributed by atoms with Crippen LogP contribution in [-0.4, -0.2) is 42.6 Å². The summed E-state index contributed by atoms with van der Waals surface area (Å²) in [6, 6.07) is 3.51. The van der Waals surface area contributed by atoms with Crippen molar-refractivity contribution in [1.29, 1.82) is 0 Å². The Kier molecular flexibility index (Phi) is 5.06. The molecule has 0 spiro atoms. The quantitative estimate of drug-likeness (QED) is 0.828. The van der Waals surface area contributed by atoms with Crippen molar-refractivity contribution < 1.29 is 31.9 Å². The zero-order valence-electron chi connectivity index (χ0n) is 13.8. The van der Waals surface area contributed by atoms with Crippen LogP contribution in [-0.2, 0) is 9.59 Å². The molecule has 2 heterocycles. The number of nitrogens with zero attached hydrogens (tertiary/aromatic N) is 1. The lowest BCUT2D eigenvalue weighted by Crippen LogP contribution is -2.38. The van der Waals surface area contributed by atoms with E-state index in [-0.39, 0.29) is 13.0 Å². The molecule has 1 aromatic carbocycles. The SMILES string of the molecule is O=C(NC1CCCOc2ccc(F)cc21)C1CC(=O)N(CC(F)(F)F)C1. The van der Waals surface area contributed by atoms with Gasteiger partial charge in [-0.1, -0.05) is 0 Å². The Labute approximate surface area is 147 Å². The summed E-state index contributed by atoms with van der Waals surface area (Å²) in [4.78, 5) is 24.9. The third kappa shape index (κ3) is 4.25. The highest BCUT2D eigenvalue weighted by Gasteiger charge is 2.41. The van der Waals surface area contributed by atoms with Gasteiger partial charge in [0.15, 0.2) is 0 Å². The van der Waals surface area contributed by atoms with Crippen LogP contribution in [0.15, 0.2) is 18.2 Å². The summed E-state index contributed by atoms with van der Waals surface area (Å²) in [7, 11) is 0. The summed E-state index contributed by atoms with van der Waals surface area (Å²) in [5, 5.41) is 2.74. The number of alkyl halides is 3. The second-order valence-corrected chi connectivity index (χ2v) is 6.52. The molecule has 5 nitrogen and oxygen atoms in total. The van der Waals surface area contributed by atoms with E-state index in [1.165, 1.54) is 18.2 Å². The fourth-order valence-corrected chi connectivity index (χ4v) is 3.30. The van der Waals surface area contributed by atoms with Gasteiger partial charge in [0, 0.05) is 18.5 Å². The maximum Gasteiger partial charge on any atom is 0.406 e. The first-order valence-electron chi connectivity index (χ1n) is 8.30. The van der Waals surface area contributed by atoms with E-state index in [1.807, 2.05) is 0 Å². The lowest BCUT2D eigenvalue weighted by Gasteiger charge is -2.21. The van der Waals surface area contributed by atoms with E-state index in [9.17, 15) is 27.2 Å².